The van der Waals surface area contributed by atoms with Gasteiger partial charge < -0.3 is 5.11 Å². The van der Waals surface area contributed by atoms with Crippen LogP contribution in [0.5, 0.6) is 0 Å². The SMILES string of the molecule is O=C(O)CCNS(=O)(=O)c1cscc1Br. The van der Waals surface area contributed by atoms with Gasteiger partial charge in [0.25, 0.3) is 0 Å². The van der Waals surface area contributed by atoms with Crippen LogP contribution in [0.2, 0.25) is 0 Å². The molecule has 0 radical (unpaired) electrons. The average molecular weight is 314 g/mol. The van der Waals surface area contributed by atoms with E-state index < -0.39 is 16.0 Å². The van der Waals surface area contributed by atoms with Crippen LogP contribution in [0.1, 0.15) is 6.42 Å². The second-order valence-electron chi connectivity index (χ2n) is 2.63. The van der Waals surface area contributed by atoms with Crippen molar-refractivity contribution >= 4 is 43.3 Å². The Morgan fingerprint density at radius 3 is 2.67 bits per heavy atom. The molecule has 0 saturated heterocycles. The van der Waals surface area contributed by atoms with Crippen LogP contribution in [0.3, 0.4) is 0 Å². The number of rotatable bonds is 5. The quantitative estimate of drug-likeness (QED) is 0.857. The molecule has 1 heterocycles. The Balaban J connectivity index is 2.69. The number of halogens is 1. The van der Waals surface area contributed by atoms with Crippen LogP contribution in [-0.2, 0) is 14.8 Å². The summed E-state index contributed by atoms with van der Waals surface area (Å²) >= 11 is 4.35. The summed E-state index contributed by atoms with van der Waals surface area (Å²) in [5, 5.41) is 11.5. The van der Waals surface area contributed by atoms with Crippen molar-refractivity contribution in [1.29, 1.82) is 0 Å². The second-order valence-corrected chi connectivity index (χ2v) is 5.96. The van der Waals surface area contributed by atoms with E-state index in [1.807, 2.05) is 0 Å². The van der Waals surface area contributed by atoms with Gasteiger partial charge in [-0.3, -0.25) is 4.79 Å². The highest BCUT2D eigenvalue weighted by atomic mass is 79.9. The smallest absolute Gasteiger partial charge is 0.304 e. The summed E-state index contributed by atoms with van der Waals surface area (Å²) in [6, 6.07) is 0. The van der Waals surface area contributed by atoms with E-state index in [1.54, 1.807) is 5.38 Å². The van der Waals surface area contributed by atoms with Crippen molar-refractivity contribution in [3.05, 3.63) is 15.2 Å². The molecule has 0 unspecified atom stereocenters. The molecule has 0 fully saturated rings. The lowest BCUT2D eigenvalue weighted by atomic mass is 10.5. The van der Waals surface area contributed by atoms with Crippen LogP contribution in [0.25, 0.3) is 0 Å². The average Bonchev–Trinajstić information content (AvgIpc) is 2.50. The lowest BCUT2D eigenvalue weighted by Gasteiger charge is -2.03. The van der Waals surface area contributed by atoms with Crippen molar-refractivity contribution in [2.24, 2.45) is 0 Å². The molecular formula is C7H8BrNO4S2. The highest BCUT2D eigenvalue weighted by molar-refractivity contribution is 9.10. The number of nitrogens with one attached hydrogen (secondary N) is 1. The van der Waals surface area contributed by atoms with Crippen molar-refractivity contribution in [3.8, 4) is 0 Å². The zero-order valence-corrected chi connectivity index (χ0v) is 10.7. The molecular weight excluding hydrogens is 306 g/mol. The zero-order chi connectivity index (χ0) is 11.5. The number of carboxylic acids is 1. The van der Waals surface area contributed by atoms with Gasteiger partial charge >= 0.3 is 5.97 Å². The predicted molar refractivity (Wildman–Crippen MR) is 59.5 cm³/mol. The molecule has 84 valence electrons. The molecule has 2 N–H and O–H groups in total. The van der Waals surface area contributed by atoms with E-state index in [0.717, 1.165) is 0 Å². The van der Waals surface area contributed by atoms with Crippen LogP contribution in [0.15, 0.2) is 20.1 Å². The summed E-state index contributed by atoms with van der Waals surface area (Å²) in [5.41, 5.74) is 0. The lowest BCUT2D eigenvalue weighted by Crippen LogP contribution is -2.26. The van der Waals surface area contributed by atoms with Gasteiger partial charge in [0.05, 0.1) is 6.42 Å². The van der Waals surface area contributed by atoms with Gasteiger partial charge in [0, 0.05) is 21.8 Å². The van der Waals surface area contributed by atoms with Gasteiger partial charge in [-0.2, -0.15) is 0 Å². The molecule has 0 aliphatic carbocycles. The van der Waals surface area contributed by atoms with Crippen molar-refractivity contribution in [3.63, 3.8) is 0 Å². The van der Waals surface area contributed by atoms with E-state index in [1.165, 1.54) is 16.7 Å². The van der Waals surface area contributed by atoms with Crippen LogP contribution in [0.4, 0.5) is 0 Å². The molecule has 0 spiro atoms. The molecule has 0 aromatic carbocycles. The predicted octanol–water partition coefficient (Wildman–Crippen LogP) is 1.26. The highest BCUT2D eigenvalue weighted by Crippen LogP contribution is 2.25. The Labute approximate surface area is 99.3 Å². The summed E-state index contributed by atoms with van der Waals surface area (Å²) < 4.78 is 25.8. The highest BCUT2D eigenvalue weighted by Gasteiger charge is 2.17. The number of carboxylic acid groups (broad SMARTS) is 1. The molecule has 1 aromatic rings. The monoisotopic (exact) mass is 313 g/mol. The van der Waals surface area contributed by atoms with Crippen molar-refractivity contribution < 1.29 is 18.3 Å². The Morgan fingerprint density at radius 1 is 1.53 bits per heavy atom. The van der Waals surface area contributed by atoms with Crippen molar-refractivity contribution in [2.45, 2.75) is 11.3 Å². The molecule has 0 aliphatic rings. The number of carbonyl (C=O) groups is 1. The Kier molecular flexibility index (Phi) is 4.26. The molecule has 0 amide bonds. The third kappa shape index (κ3) is 3.56. The fraction of sp³-hybridized carbons (Fsp3) is 0.286. The number of sulfonamides is 1. The van der Waals surface area contributed by atoms with Gasteiger partial charge in [0.2, 0.25) is 10.0 Å². The molecule has 8 heteroatoms. The molecule has 1 aromatic heterocycles. The standard InChI is InChI=1S/C7H8BrNO4S2/c8-5-3-14-4-6(5)15(12,13)9-2-1-7(10)11/h3-4,9H,1-2H2,(H,10,11). The van der Waals surface area contributed by atoms with E-state index in [2.05, 4.69) is 20.7 Å². The van der Waals surface area contributed by atoms with Crippen molar-refractivity contribution in [2.75, 3.05) is 6.54 Å². The van der Waals surface area contributed by atoms with Gasteiger partial charge in [0.15, 0.2) is 0 Å². The molecule has 0 atom stereocenters. The van der Waals surface area contributed by atoms with Gasteiger partial charge in [-0.25, -0.2) is 13.1 Å². The first kappa shape index (κ1) is 12.6. The van der Waals surface area contributed by atoms with Gasteiger partial charge in [-0.15, -0.1) is 11.3 Å². The second kappa shape index (κ2) is 5.06. The Bertz CT molecular complexity index is 453. The largest absolute Gasteiger partial charge is 0.481 e. The van der Waals surface area contributed by atoms with Crippen LogP contribution in [0, 0.1) is 0 Å². The minimum absolute atomic E-state index is 0.111. The van der Waals surface area contributed by atoms with Gasteiger partial charge in [0.1, 0.15) is 4.90 Å². The molecule has 0 bridgehead atoms. The maximum absolute atomic E-state index is 11.6. The zero-order valence-electron chi connectivity index (χ0n) is 7.44. The topological polar surface area (TPSA) is 83.5 Å². The summed E-state index contributed by atoms with van der Waals surface area (Å²) in [4.78, 5) is 10.3. The number of hydrogen-bond acceptors (Lipinski definition) is 4. The molecule has 0 aliphatic heterocycles. The van der Waals surface area contributed by atoms with E-state index >= 15 is 0 Å². The summed E-state index contributed by atoms with van der Waals surface area (Å²) in [5.74, 6) is -1.04. The Hall–Kier alpha value is -0.440. The maximum atomic E-state index is 11.6. The number of aliphatic carboxylic acids is 1. The number of thiophene rings is 1. The van der Waals surface area contributed by atoms with Gasteiger partial charge in [-0.05, 0) is 15.9 Å². The first-order valence-electron chi connectivity index (χ1n) is 3.86. The fourth-order valence-electron chi connectivity index (χ4n) is 0.832. The van der Waals surface area contributed by atoms with E-state index in [9.17, 15) is 13.2 Å². The van der Waals surface area contributed by atoms with Crippen molar-refractivity contribution in [1.82, 2.24) is 4.72 Å². The summed E-state index contributed by atoms with van der Waals surface area (Å²) in [6.07, 6.45) is -0.235. The van der Waals surface area contributed by atoms with Crippen LogP contribution < -0.4 is 4.72 Å². The fourth-order valence-corrected chi connectivity index (χ4v) is 4.22. The van der Waals surface area contributed by atoms with E-state index in [0.29, 0.717) is 4.47 Å². The third-order valence-corrected chi connectivity index (χ3v) is 5.12. The van der Waals surface area contributed by atoms with Crippen LogP contribution >= 0.6 is 27.3 Å². The minimum Gasteiger partial charge on any atom is -0.481 e. The molecule has 15 heavy (non-hydrogen) atoms. The molecule has 0 saturated carbocycles. The first-order chi connectivity index (χ1) is 6.93. The molecule has 5 nitrogen and oxygen atoms in total. The summed E-state index contributed by atoms with van der Waals surface area (Å²) in [7, 11) is -3.59. The van der Waals surface area contributed by atoms with Gasteiger partial charge in [-0.1, -0.05) is 0 Å². The van der Waals surface area contributed by atoms with Crippen LogP contribution in [-0.4, -0.2) is 26.0 Å². The summed E-state index contributed by atoms with van der Waals surface area (Å²) in [6.45, 7) is -0.111. The molecule has 1 rings (SSSR count). The van der Waals surface area contributed by atoms with E-state index in [-0.39, 0.29) is 17.9 Å². The first-order valence-corrected chi connectivity index (χ1v) is 7.08. The minimum atomic E-state index is -3.59. The lowest BCUT2D eigenvalue weighted by molar-refractivity contribution is -0.136. The van der Waals surface area contributed by atoms with E-state index in [4.69, 9.17) is 5.11 Å². The third-order valence-electron chi connectivity index (χ3n) is 1.50. The number of hydrogen-bond donors (Lipinski definition) is 2. The Morgan fingerprint density at radius 2 is 2.20 bits per heavy atom. The normalized spacial score (nSPS) is 11.5. The maximum Gasteiger partial charge on any atom is 0.304 e.